The van der Waals surface area contributed by atoms with Gasteiger partial charge < -0.3 is 0 Å². The van der Waals surface area contributed by atoms with Crippen molar-refractivity contribution in [3.8, 4) is 0 Å². The van der Waals surface area contributed by atoms with Gasteiger partial charge in [-0.15, -0.1) is 0 Å². The summed E-state index contributed by atoms with van der Waals surface area (Å²) in [6.45, 7) is 4.03. The number of hydrogen-bond acceptors (Lipinski definition) is 0. The van der Waals surface area contributed by atoms with Gasteiger partial charge in [0.2, 0.25) is 0 Å². The Morgan fingerprint density at radius 3 is 1.70 bits per heavy atom. The van der Waals surface area contributed by atoms with E-state index in [1.165, 1.54) is 5.57 Å². The van der Waals surface area contributed by atoms with Gasteiger partial charge in [0, 0.05) is 0 Å². The van der Waals surface area contributed by atoms with Crippen molar-refractivity contribution in [3.05, 3.63) is 11.6 Å². The van der Waals surface area contributed by atoms with Crippen molar-refractivity contribution in [1.29, 1.82) is 0 Å². The average Bonchev–Trinajstić information content (AvgIpc) is 1.61. The molecular formula is C5H14Cl2P2Ru. The third-order valence-corrected chi connectivity index (χ3v) is 2.26. The molecule has 0 spiro atoms. The van der Waals surface area contributed by atoms with Crippen molar-refractivity contribution in [1.82, 2.24) is 0 Å². The van der Waals surface area contributed by atoms with Gasteiger partial charge in [-0.2, -0.15) is 19.8 Å². The Kier molecular flexibility index (Phi) is 18.9. The number of hydrogen-bond donors (Lipinski definition) is 0. The molecule has 0 saturated heterocycles. The van der Waals surface area contributed by atoms with Crippen LogP contribution in [-0.2, 0) is 13.5 Å². The molecule has 0 aliphatic rings. The molecule has 5 heteroatoms. The molecule has 0 N–H and O–H groups in total. The van der Waals surface area contributed by atoms with E-state index >= 15 is 0 Å². The molecular weight excluding hydrogens is 294 g/mol. The van der Waals surface area contributed by atoms with Crippen LogP contribution < -0.4 is 0 Å². The topological polar surface area (TPSA) is 0 Å². The molecule has 0 amide bonds. The molecule has 0 fully saturated rings. The molecule has 66 valence electrons. The molecule has 0 heterocycles. The van der Waals surface area contributed by atoms with Crippen LogP contribution in [0.2, 0.25) is 0 Å². The van der Waals surface area contributed by atoms with Crippen molar-refractivity contribution >= 4 is 43.8 Å². The quantitative estimate of drug-likeness (QED) is 0.516. The summed E-state index contributed by atoms with van der Waals surface area (Å²) in [6, 6.07) is 0. The SMILES string of the molecule is CC(C)=C[CH]=[Ru]([Cl])[Cl].P.P. The second-order valence-electron chi connectivity index (χ2n) is 1.57. The van der Waals surface area contributed by atoms with Crippen LogP contribution in [-0.4, -0.2) is 4.61 Å². The smallest absolute Gasteiger partial charge is 0.153 e. The summed E-state index contributed by atoms with van der Waals surface area (Å²) in [4.78, 5) is 0. The Balaban J connectivity index is -0.000000245. The van der Waals surface area contributed by atoms with Crippen molar-refractivity contribution < 1.29 is 13.5 Å². The van der Waals surface area contributed by atoms with Crippen LogP contribution in [0.4, 0.5) is 0 Å². The second kappa shape index (κ2) is 10.7. The summed E-state index contributed by atoms with van der Waals surface area (Å²) in [6.07, 6.45) is 1.96. The first kappa shape index (κ1) is 17.7. The Hall–Kier alpha value is 1.67. The van der Waals surface area contributed by atoms with Crippen molar-refractivity contribution in [2.24, 2.45) is 0 Å². The van der Waals surface area contributed by atoms with Gasteiger partial charge in [0.25, 0.3) is 0 Å². The Bertz CT molecular complexity index is 110. The molecule has 2 atom stereocenters. The first-order valence-electron chi connectivity index (χ1n) is 2.09. The van der Waals surface area contributed by atoms with Crippen LogP contribution in [0.5, 0.6) is 0 Å². The molecule has 0 saturated carbocycles. The molecule has 0 bridgehead atoms. The Morgan fingerprint density at radius 2 is 1.60 bits per heavy atom. The second-order valence-corrected chi connectivity index (χ2v) is 7.37. The van der Waals surface area contributed by atoms with Gasteiger partial charge in [-0.25, -0.2) is 0 Å². The van der Waals surface area contributed by atoms with E-state index in [9.17, 15) is 0 Å². The van der Waals surface area contributed by atoms with Gasteiger partial charge in [0.1, 0.15) is 0 Å². The molecule has 2 unspecified atom stereocenters. The predicted molar refractivity (Wildman–Crippen MR) is 59.4 cm³/mol. The summed E-state index contributed by atoms with van der Waals surface area (Å²) >= 11 is -1.52. The summed E-state index contributed by atoms with van der Waals surface area (Å²) in [7, 11) is 11.1. The number of rotatable bonds is 1. The van der Waals surface area contributed by atoms with E-state index in [4.69, 9.17) is 19.4 Å². The largest absolute Gasteiger partial charge is 0.153 e. The molecule has 0 aromatic rings. The van der Waals surface area contributed by atoms with Crippen LogP contribution in [0.1, 0.15) is 13.8 Å². The Labute approximate surface area is 82.5 Å². The average molecular weight is 308 g/mol. The van der Waals surface area contributed by atoms with E-state index in [2.05, 4.69) is 0 Å². The summed E-state index contributed by atoms with van der Waals surface area (Å²) in [5, 5.41) is 0. The van der Waals surface area contributed by atoms with E-state index in [0.29, 0.717) is 0 Å². The van der Waals surface area contributed by atoms with Gasteiger partial charge >= 0.3 is 63.0 Å². The zero-order valence-electron chi connectivity index (χ0n) is 6.18. The summed E-state index contributed by atoms with van der Waals surface area (Å²) < 4.78 is 1.88. The van der Waals surface area contributed by atoms with Gasteiger partial charge in [0.05, 0.1) is 0 Å². The van der Waals surface area contributed by atoms with E-state index in [1.807, 2.05) is 24.5 Å². The normalized spacial score (nSPS) is 8.20. The first-order chi connectivity index (χ1) is 3.63. The van der Waals surface area contributed by atoms with Crippen LogP contribution >= 0.6 is 39.2 Å². The molecule has 0 radical (unpaired) electrons. The third-order valence-electron chi connectivity index (χ3n) is 0.481. The van der Waals surface area contributed by atoms with Gasteiger partial charge in [-0.3, -0.25) is 0 Å². The van der Waals surface area contributed by atoms with Crippen molar-refractivity contribution in [3.63, 3.8) is 0 Å². The predicted octanol–water partition coefficient (Wildman–Crippen LogP) is 2.80. The third kappa shape index (κ3) is 16.3. The van der Waals surface area contributed by atoms with Crippen molar-refractivity contribution in [2.75, 3.05) is 0 Å². The zero-order valence-corrected chi connectivity index (χ0v) is 12.3. The standard InChI is InChI=1S/C5H8.2ClH.2H3P.Ru/c1-4-5(2)3;;;;;/h1,4H,2-3H3;2*1H;2*1H3;/q;;;;;+2/p-2. The fourth-order valence-electron chi connectivity index (χ4n) is 0.162. The Morgan fingerprint density at radius 1 is 1.20 bits per heavy atom. The van der Waals surface area contributed by atoms with E-state index < -0.39 is 13.5 Å². The molecule has 0 aliphatic carbocycles. The minimum atomic E-state index is -1.52. The van der Waals surface area contributed by atoms with E-state index in [1.54, 1.807) is 0 Å². The van der Waals surface area contributed by atoms with Crippen molar-refractivity contribution in [2.45, 2.75) is 13.8 Å². The molecule has 0 rings (SSSR count). The maximum absolute atomic E-state index is 5.53. The fraction of sp³-hybridized carbons (Fsp3) is 0.400. The molecule has 10 heavy (non-hydrogen) atoms. The van der Waals surface area contributed by atoms with Crippen LogP contribution in [0, 0.1) is 0 Å². The van der Waals surface area contributed by atoms with Crippen LogP contribution in [0.15, 0.2) is 11.6 Å². The molecule has 0 aromatic carbocycles. The van der Waals surface area contributed by atoms with Gasteiger partial charge in [0.15, 0.2) is 0 Å². The zero-order chi connectivity index (χ0) is 6.57. The molecule has 0 aromatic heterocycles. The minimum Gasteiger partial charge on any atom is -0.153 e. The van der Waals surface area contributed by atoms with E-state index in [0.717, 1.165) is 0 Å². The number of allylic oxidation sites excluding steroid dienone is 2. The fourth-order valence-corrected chi connectivity index (χ4v) is 1.49. The van der Waals surface area contributed by atoms with Gasteiger partial charge in [-0.1, -0.05) is 0 Å². The van der Waals surface area contributed by atoms with Crippen LogP contribution in [0.3, 0.4) is 0 Å². The van der Waals surface area contributed by atoms with E-state index in [-0.39, 0.29) is 19.8 Å². The van der Waals surface area contributed by atoms with Gasteiger partial charge in [-0.05, 0) is 0 Å². The molecule has 0 nitrogen and oxygen atoms in total. The summed E-state index contributed by atoms with van der Waals surface area (Å²) in [5.41, 5.74) is 1.24. The minimum absolute atomic E-state index is 0. The first-order valence-corrected chi connectivity index (χ1v) is 7.57. The maximum atomic E-state index is 5.53. The number of halogens is 2. The summed E-state index contributed by atoms with van der Waals surface area (Å²) in [5.74, 6) is 0. The monoisotopic (exact) mass is 308 g/mol. The molecule has 0 aliphatic heterocycles. The maximum Gasteiger partial charge on any atom is -0.153 e. The van der Waals surface area contributed by atoms with Crippen LogP contribution in [0.25, 0.3) is 0 Å².